The highest BCUT2D eigenvalue weighted by molar-refractivity contribution is 5.84. The molecule has 0 saturated carbocycles. The summed E-state index contributed by atoms with van der Waals surface area (Å²) in [6, 6.07) is 11.8. The highest BCUT2D eigenvalue weighted by Gasteiger charge is 2.11. The fourth-order valence-corrected chi connectivity index (χ4v) is 2.35. The van der Waals surface area contributed by atoms with Gasteiger partial charge in [-0.05, 0) is 18.2 Å². The van der Waals surface area contributed by atoms with Gasteiger partial charge in [0.1, 0.15) is 12.4 Å². The molecule has 1 N–H and O–H groups in total. The summed E-state index contributed by atoms with van der Waals surface area (Å²) in [5.41, 5.74) is 1.44. The molecule has 3 rings (SSSR count). The molecule has 4 heteroatoms. The quantitative estimate of drug-likeness (QED) is 0.789. The van der Waals surface area contributed by atoms with Crippen molar-refractivity contribution < 1.29 is 14.2 Å². The SMILES string of the molecule is Cn1cc(COc2ccccc2O)c2cccc(F)c21. The summed E-state index contributed by atoms with van der Waals surface area (Å²) in [4.78, 5) is 0. The van der Waals surface area contributed by atoms with E-state index >= 15 is 0 Å². The minimum atomic E-state index is -0.251. The Hall–Kier alpha value is -2.49. The molecule has 0 aliphatic carbocycles. The second-order valence-corrected chi connectivity index (χ2v) is 4.66. The molecule has 0 spiro atoms. The van der Waals surface area contributed by atoms with Gasteiger partial charge in [-0.25, -0.2) is 4.39 Å². The number of benzene rings is 2. The van der Waals surface area contributed by atoms with Gasteiger partial charge < -0.3 is 14.4 Å². The standard InChI is InChI=1S/C16H14FNO2/c1-18-9-11(12-5-4-6-13(17)16(12)18)10-20-15-8-3-2-7-14(15)19/h2-9,19H,10H2,1H3. The molecule has 3 nitrogen and oxygen atoms in total. The molecule has 0 saturated heterocycles. The minimum Gasteiger partial charge on any atom is -0.504 e. The van der Waals surface area contributed by atoms with Gasteiger partial charge in [-0.2, -0.15) is 0 Å². The Balaban J connectivity index is 1.93. The minimum absolute atomic E-state index is 0.0962. The molecule has 20 heavy (non-hydrogen) atoms. The van der Waals surface area contributed by atoms with Gasteiger partial charge in [0, 0.05) is 24.2 Å². The van der Waals surface area contributed by atoms with E-state index in [2.05, 4.69) is 0 Å². The van der Waals surface area contributed by atoms with Crippen LogP contribution in [0, 0.1) is 5.82 Å². The van der Waals surface area contributed by atoms with E-state index in [0.717, 1.165) is 10.9 Å². The van der Waals surface area contributed by atoms with E-state index in [0.29, 0.717) is 11.3 Å². The number of halogens is 1. The zero-order chi connectivity index (χ0) is 14.1. The monoisotopic (exact) mass is 271 g/mol. The molecule has 0 bridgehead atoms. The van der Waals surface area contributed by atoms with Crippen molar-refractivity contribution in [2.45, 2.75) is 6.61 Å². The maximum atomic E-state index is 13.8. The Morgan fingerprint density at radius 3 is 2.75 bits per heavy atom. The van der Waals surface area contributed by atoms with Crippen LogP contribution in [0.2, 0.25) is 0 Å². The molecule has 0 atom stereocenters. The number of nitrogens with zero attached hydrogens (tertiary/aromatic N) is 1. The molecule has 102 valence electrons. The third-order valence-corrected chi connectivity index (χ3v) is 3.28. The van der Waals surface area contributed by atoms with Crippen LogP contribution < -0.4 is 4.74 Å². The van der Waals surface area contributed by atoms with Crippen molar-refractivity contribution in [3.8, 4) is 11.5 Å². The van der Waals surface area contributed by atoms with Gasteiger partial charge in [-0.3, -0.25) is 0 Å². The Bertz CT molecular complexity index is 764. The third-order valence-electron chi connectivity index (χ3n) is 3.28. The van der Waals surface area contributed by atoms with Gasteiger partial charge in [-0.15, -0.1) is 0 Å². The largest absolute Gasteiger partial charge is 0.504 e. The number of phenols is 1. The van der Waals surface area contributed by atoms with Crippen molar-refractivity contribution in [1.82, 2.24) is 4.57 Å². The first-order valence-corrected chi connectivity index (χ1v) is 6.30. The summed E-state index contributed by atoms with van der Waals surface area (Å²) in [6.07, 6.45) is 1.84. The second-order valence-electron chi connectivity index (χ2n) is 4.66. The number of fused-ring (bicyclic) bond motifs is 1. The van der Waals surface area contributed by atoms with Crippen LogP contribution in [0.25, 0.3) is 10.9 Å². The van der Waals surface area contributed by atoms with Crippen LogP contribution in [0.3, 0.4) is 0 Å². The van der Waals surface area contributed by atoms with Gasteiger partial charge in [-0.1, -0.05) is 24.3 Å². The van der Waals surface area contributed by atoms with Crippen LogP contribution in [0.5, 0.6) is 11.5 Å². The van der Waals surface area contributed by atoms with Crippen molar-refractivity contribution in [2.24, 2.45) is 7.05 Å². The number of para-hydroxylation sites is 3. The molecule has 0 radical (unpaired) electrons. The van der Waals surface area contributed by atoms with Crippen molar-refractivity contribution in [1.29, 1.82) is 0 Å². The van der Waals surface area contributed by atoms with Gasteiger partial charge >= 0.3 is 0 Å². The second kappa shape index (κ2) is 4.89. The van der Waals surface area contributed by atoms with Crippen molar-refractivity contribution in [3.05, 3.63) is 60.0 Å². The predicted molar refractivity (Wildman–Crippen MR) is 75.3 cm³/mol. The van der Waals surface area contributed by atoms with Crippen LogP contribution in [0.1, 0.15) is 5.56 Å². The maximum absolute atomic E-state index is 13.8. The Labute approximate surface area is 115 Å². The van der Waals surface area contributed by atoms with E-state index < -0.39 is 0 Å². The van der Waals surface area contributed by atoms with Gasteiger partial charge in [0.2, 0.25) is 0 Å². The number of phenolic OH excluding ortho intramolecular Hbond substituents is 1. The lowest BCUT2D eigenvalue weighted by atomic mass is 10.2. The first-order valence-electron chi connectivity index (χ1n) is 6.30. The van der Waals surface area contributed by atoms with E-state index in [9.17, 15) is 9.50 Å². The highest BCUT2D eigenvalue weighted by Crippen LogP contribution is 2.28. The Kier molecular flexibility index (Phi) is 3.06. The molecular formula is C16H14FNO2. The molecule has 3 aromatic rings. The Morgan fingerprint density at radius 2 is 1.95 bits per heavy atom. The fraction of sp³-hybridized carbons (Fsp3) is 0.125. The molecular weight excluding hydrogens is 257 g/mol. The zero-order valence-electron chi connectivity index (χ0n) is 11.0. The molecule has 0 fully saturated rings. The molecule has 0 aliphatic heterocycles. The van der Waals surface area contributed by atoms with Crippen molar-refractivity contribution in [2.75, 3.05) is 0 Å². The lowest BCUT2D eigenvalue weighted by Gasteiger charge is -2.06. The van der Waals surface area contributed by atoms with Gasteiger partial charge in [0.25, 0.3) is 0 Å². The number of hydrogen-bond donors (Lipinski definition) is 1. The lowest BCUT2D eigenvalue weighted by Crippen LogP contribution is -1.94. The summed E-state index contributed by atoms with van der Waals surface area (Å²) in [7, 11) is 1.80. The molecule has 2 aromatic carbocycles. The van der Waals surface area contributed by atoms with E-state index in [1.807, 2.05) is 12.3 Å². The predicted octanol–water partition coefficient (Wildman–Crippen LogP) is 3.60. The molecule has 0 aliphatic rings. The number of ether oxygens (including phenoxy) is 1. The lowest BCUT2D eigenvalue weighted by molar-refractivity contribution is 0.290. The average molecular weight is 271 g/mol. The van der Waals surface area contributed by atoms with Gasteiger partial charge in [0.05, 0.1) is 5.52 Å². The third kappa shape index (κ3) is 2.09. The highest BCUT2D eigenvalue weighted by atomic mass is 19.1. The van der Waals surface area contributed by atoms with Crippen LogP contribution in [-0.4, -0.2) is 9.67 Å². The van der Waals surface area contributed by atoms with Crippen molar-refractivity contribution >= 4 is 10.9 Å². The van der Waals surface area contributed by atoms with Crippen LogP contribution in [0.15, 0.2) is 48.7 Å². The number of aryl methyl sites for hydroxylation is 1. The Morgan fingerprint density at radius 1 is 1.15 bits per heavy atom. The summed E-state index contributed by atoms with van der Waals surface area (Å²) in [6.45, 7) is 0.276. The molecule has 0 unspecified atom stereocenters. The topological polar surface area (TPSA) is 34.4 Å². The smallest absolute Gasteiger partial charge is 0.161 e. The molecule has 1 aromatic heterocycles. The number of hydrogen-bond acceptors (Lipinski definition) is 2. The zero-order valence-corrected chi connectivity index (χ0v) is 11.0. The summed E-state index contributed by atoms with van der Waals surface area (Å²) >= 11 is 0. The molecule has 1 heterocycles. The first-order chi connectivity index (χ1) is 9.66. The average Bonchev–Trinajstić information content (AvgIpc) is 2.76. The van der Waals surface area contributed by atoms with Crippen molar-refractivity contribution in [3.63, 3.8) is 0 Å². The summed E-state index contributed by atoms with van der Waals surface area (Å²) in [5, 5.41) is 10.5. The summed E-state index contributed by atoms with van der Waals surface area (Å²) < 4.78 is 21.1. The number of aromatic hydroxyl groups is 1. The van der Waals surface area contributed by atoms with Gasteiger partial charge in [0.15, 0.2) is 11.5 Å². The van der Waals surface area contributed by atoms with Crippen LogP contribution in [0.4, 0.5) is 4.39 Å². The van der Waals surface area contributed by atoms with Crippen LogP contribution >= 0.6 is 0 Å². The van der Waals surface area contributed by atoms with E-state index in [1.54, 1.807) is 41.9 Å². The molecule has 0 amide bonds. The number of aromatic nitrogens is 1. The van der Waals surface area contributed by atoms with E-state index in [-0.39, 0.29) is 18.2 Å². The normalized spacial score (nSPS) is 10.9. The van der Waals surface area contributed by atoms with Crippen LogP contribution in [-0.2, 0) is 13.7 Å². The summed E-state index contributed by atoms with van der Waals surface area (Å²) in [5.74, 6) is 0.263. The first kappa shape index (κ1) is 12.5. The van der Waals surface area contributed by atoms with E-state index in [1.165, 1.54) is 6.07 Å². The van der Waals surface area contributed by atoms with E-state index in [4.69, 9.17) is 4.74 Å². The number of rotatable bonds is 3. The fourth-order valence-electron chi connectivity index (χ4n) is 2.35. The maximum Gasteiger partial charge on any atom is 0.161 e.